The third kappa shape index (κ3) is 2.96. The molecule has 1 fully saturated rings. The fourth-order valence-electron chi connectivity index (χ4n) is 3.23. The van der Waals surface area contributed by atoms with E-state index in [0.717, 1.165) is 0 Å². The van der Waals surface area contributed by atoms with E-state index < -0.39 is 0 Å². The second kappa shape index (κ2) is 5.41. The molecule has 122 valence electrons. The van der Waals surface area contributed by atoms with Crippen LogP contribution >= 0.6 is 0 Å². The molecule has 1 saturated carbocycles. The van der Waals surface area contributed by atoms with Crippen molar-refractivity contribution in [2.45, 2.75) is 27.7 Å². The predicted octanol–water partition coefficient (Wildman–Crippen LogP) is 3.19. The molecule has 1 aromatic rings. The van der Waals surface area contributed by atoms with Gasteiger partial charge < -0.3 is 15.4 Å². The largest absolute Gasteiger partial charge is 0.482 e. The van der Waals surface area contributed by atoms with E-state index in [1.165, 1.54) is 5.57 Å². The fraction of sp³-hybridized carbons (Fsp3) is 0.444. The zero-order valence-corrected chi connectivity index (χ0v) is 13.9. The van der Waals surface area contributed by atoms with E-state index in [1.54, 1.807) is 18.2 Å². The summed E-state index contributed by atoms with van der Waals surface area (Å²) in [6, 6.07) is 5.28. The molecule has 1 heterocycles. The van der Waals surface area contributed by atoms with Crippen LogP contribution in [-0.4, -0.2) is 18.4 Å². The van der Waals surface area contributed by atoms with Crippen LogP contribution in [-0.2, 0) is 9.59 Å². The summed E-state index contributed by atoms with van der Waals surface area (Å²) < 4.78 is 5.32. The number of carbonyl (C=O) groups is 2. The van der Waals surface area contributed by atoms with Gasteiger partial charge in [-0.05, 0) is 43.4 Å². The molecule has 2 aliphatic rings. The Labute approximate surface area is 136 Å². The summed E-state index contributed by atoms with van der Waals surface area (Å²) in [5.74, 6) is 0.692. The molecule has 1 aliphatic heterocycles. The number of hydrogen-bond acceptors (Lipinski definition) is 3. The normalized spacial score (nSPS) is 23.9. The Morgan fingerprint density at radius 3 is 2.83 bits per heavy atom. The van der Waals surface area contributed by atoms with Gasteiger partial charge in [0.2, 0.25) is 5.91 Å². The number of benzene rings is 1. The van der Waals surface area contributed by atoms with E-state index in [0.29, 0.717) is 17.1 Å². The lowest BCUT2D eigenvalue weighted by Crippen LogP contribution is -2.25. The van der Waals surface area contributed by atoms with Crippen molar-refractivity contribution in [2.75, 3.05) is 17.2 Å². The van der Waals surface area contributed by atoms with Crippen LogP contribution in [0, 0.1) is 17.3 Å². The average Bonchev–Trinajstić information content (AvgIpc) is 2.98. The molecule has 5 nitrogen and oxygen atoms in total. The van der Waals surface area contributed by atoms with Crippen molar-refractivity contribution in [1.29, 1.82) is 0 Å². The van der Waals surface area contributed by atoms with Gasteiger partial charge in [-0.25, -0.2) is 0 Å². The number of hydrogen-bond donors (Lipinski definition) is 2. The molecule has 2 amide bonds. The Morgan fingerprint density at radius 2 is 2.13 bits per heavy atom. The third-order valence-electron chi connectivity index (χ3n) is 4.59. The molecule has 2 N–H and O–H groups in total. The minimum atomic E-state index is -0.187. The molecule has 1 aromatic carbocycles. The van der Waals surface area contributed by atoms with Crippen molar-refractivity contribution in [2.24, 2.45) is 17.3 Å². The van der Waals surface area contributed by atoms with Gasteiger partial charge in [0.1, 0.15) is 5.75 Å². The van der Waals surface area contributed by atoms with E-state index in [-0.39, 0.29) is 35.7 Å². The summed E-state index contributed by atoms with van der Waals surface area (Å²) in [6.07, 6.45) is 2.17. The molecule has 0 saturated heterocycles. The van der Waals surface area contributed by atoms with Crippen molar-refractivity contribution in [1.82, 2.24) is 0 Å². The van der Waals surface area contributed by atoms with Crippen LogP contribution < -0.4 is 15.4 Å². The standard InChI is InChI=1S/C18H22N2O3/c1-10(2)7-12-16(18(12,3)4)17(22)19-11-5-6-14-13(8-11)20-15(21)9-23-14/h5-8,12,16H,9H2,1-4H3,(H,19,22)(H,20,21)/t12-,16+/m0/s1. The zero-order valence-electron chi connectivity index (χ0n) is 13.9. The van der Waals surface area contributed by atoms with Crippen molar-refractivity contribution in [3.63, 3.8) is 0 Å². The van der Waals surface area contributed by atoms with E-state index in [4.69, 9.17) is 4.74 Å². The maximum absolute atomic E-state index is 12.6. The summed E-state index contributed by atoms with van der Waals surface area (Å²) in [5, 5.41) is 5.70. The van der Waals surface area contributed by atoms with Crippen LogP contribution in [0.3, 0.4) is 0 Å². The Hall–Kier alpha value is -2.30. The molecule has 3 rings (SSSR count). The lowest BCUT2D eigenvalue weighted by Gasteiger charge is -2.18. The number of amides is 2. The Morgan fingerprint density at radius 1 is 1.39 bits per heavy atom. The third-order valence-corrected chi connectivity index (χ3v) is 4.59. The lowest BCUT2D eigenvalue weighted by atomic mass is 10.1. The van der Waals surface area contributed by atoms with Gasteiger partial charge in [0.25, 0.3) is 5.91 Å². The van der Waals surface area contributed by atoms with Gasteiger partial charge in [0.05, 0.1) is 11.6 Å². The summed E-state index contributed by atoms with van der Waals surface area (Å²) in [5.41, 5.74) is 2.47. The first-order chi connectivity index (χ1) is 10.8. The number of rotatable bonds is 3. The number of anilines is 2. The lowest BCUT2D eigenvalue weighted by molar-refractivity contribution is -0.119. The Bertz CT molecular complexity index is 702. The smallest absolute Gasteiger partial charge is 0.262 e. The highest BCUT2D eigenvalue weighted by atomic mass is 16.5. The number of nitrogens with one attached hydrogen (secondary N) is 2. The molecule has 5 heteroatoms. The summed E-state index contributed by atoms with van der Waals surface area (Å²) in [6.45, 7) is 8.36. The second-order valence-corrected chi connectivity index (χ2v) is 7.11. The van der Waals surface area contributed by atoms with Crippen LogP contribution in [0.1, 0.15) is 27.7 Å². The molecule has 23 heavy (non-hydrogen) atoms. The number of ether oxygens (including phenoxy) is 1. The van der Waals surface area contributed by atoms with E-state index in [9.17, 15) is 9.59 Å². The molecule has 0 spiro atoms. The minimum Gasteiger partial charge on any atom is -0.482 e. The number of fused-ring (bicyclic) bond motifs is 1. The van der Waals surface area contributed by atoms with Gasteiger partial charge in [-0.2, -0.15) is 0 Å². The maximum atomic E-state index is 12.6. The predicted molar refractivity (Wildman–Crippen MR) is 89.4 cm³/mol. The van der Waals surface area contributed by atoms with Gasteiger partial charge in [0, 0.05) is 5.69 Å². The SMILES string of the molecule is CC(C)=C[C@H]1[C@H](C(=O)Nc2ccc3c(c2)NC(=O)CO3)C1(C)C. The quantitative estimate of drug-likeness (QED) is 0.842. The highest BCUT2D eigenvalue weighted by Crippen LogP contribution is 2.59. The molecule has 1 aliphatic carbocycles. The minimum absolute atomic E-state index is 0.0144. The fourth-order valence-corrected chi connectivity index (χ4v) is 3.23. The molecule has 0 aromatic heterocycles. The molecule has 0 bridgehead atoms. The molecular weight excluding hydrogens is 292 g/mol. The average molecular weight is 314 g/mol. The Kier molecular flexibility index (Phi) is 3.66. The first kappa shape index (κ1) is 15.6. The molecule has 2 atom stereocenters. The highest BCUT2D eigenvalue weighted by Gasteiger charge is 2.60. The van der Waals surface area contributed by atoms with Crippen molar-refractivity contribution in [3.05, 3.63) is 29.8 Å². The first-order valence-electron chi connectivity index (χ1n) is 7.81. The summed E-state index contributed by atoms with van der Waals surface area (Å²) >= 11 is 0. The van der Waals surface area contributed by atoms with E-state index >= 15 is 0 Å². The molecule has 0 radical (unpaired) electrons. The monoisotopic (exact) mass is 314 g/mol. The van der Waals surface area contributed by atoms with Gasteiger partial charge in [-0.3, -0.25) is 9.59 Å². The highest BCUT2D eigenvalue weighted by molar-refractivity contribution is 5.99. The zero-order chi connectivity index (χ0) is 16.8. The van der Waals surface area contributed by atoms with Crippen LogP contribution in [0.15, 0.2) is 29.8 Å². The van der Waals surface area contributed by atoms with Crippen molar-refractivity contribution in [3.8, 4) is 5.75 Å². The van der Waals surface area contributed by atoms with Gasteiger partial charge >= 0.3 is 0 Å². The van der Waals surface area contributed by atoms with Gasteiger partial charge in [0.15, 0.2) is 6.61 Å². The van der Waals surface area contributed by atoms with Crippen LogP contribution in [0.4, 0.5) is 11.4 Å². The summed E-state index contributed by atoms with van der Waals surface area (Å²) in [4.78, 5) is 23.9. The summed E-state index contributed by atoms with van der Waals surface area (Å²) in [7, 11) is 0. The molecular formula is C18H22N2O3. The van der Waals surface area contributed by atoms with Crippen LogP contribution in [0.2, 0.25) is 0 Å². The first-order valence-corrected chi connectivity index (χ1v) is 7.81. The van der Waals surface area contributed by atoms with Crippen LogP contribution in [0.5, 0.6) is 5.75 Å². The Balaban J connectivity index is 1.73. The van der Waals surface area contributed by atoms with Gasteiger partial charge in [-0.1, -0.05) is 25.5 Å². The second-order valence-electron chi connectivity index (χ2n) is 7.11. The van der Waals surface area contributed by atoms with E-state index in [2.05, 4.69) is 44.4 Å². The van der Waals surface area contributed by atoms with Crippen LogP contribution in [0.25, 0.3) is 0 Å². The van der Waals surface area contributed by atoms with Crippen molar-refractivity contribution < 1.29 is 14.3 Å². The topological polar surface area (TPSA) is 67.4 Å². The number of carbonyl (C=O) groups excluding carboxylic acids is 2. The van der Waals surface area contributed by atoms with E-state index in [1.807, 2.05) is 0 Å². The number of allylic oxidation sites excluding steroid dienone is 2. The van der Waals surface area contributed by atoms with Crippen molar-refractivity contribution >= 4 is 23.2 Å². The van der Waals surface area contributed by atoms with Gasteiger partial charge in [-0.15, -0.1) is 0 Å². The molecule has 0 unspecified atom stereocenters. The maximum Gasteiger partial charge on any atom is 0.262 e.